The van der Waals surface area contributed by atoms with E-state index in [9.17, 15) is 0 Å². The number of aromatic nitrogens is 1. The van der Waals surface area contributed by atoms with Gasteiger partial charge in [0.25, 0.3) is 0 Å². The maximum atomic E-state index is 4.82. The predicted octanol–water partition coefficient (Wildman–Crippen LogP) is 3.44. The highest BCUT2D eigenvalue weighted by Gasteiger charge is 2.21. The SMILES string of the molecule is CCc1nc(N(C)CC2CCC2)sc1CNC(C)C. The molecule has 0 spiro atoms. The Hall–Kier alpha value is -0.610. The lowest BCUT2D eigenvalue weighted by Gasteiger charge is -2.29. The molecule has 1 aromatic heterocycles. The third-order valence-corrected chi connectivity index (χ3v) is 5.07. The number of hydrogen-bond acceptors (Lipinski definition) is 4. The largest absolute Gasteiger partial charge is 0.351 e. The standard InChI is InChI=1S/C15H27N3S/c1-5-13-14(9-16-11(2)3)19-15(17-13)18(4)10-12-7-6-8-12/h11-12,16H,5-10H2,1-4H3. The Balaban J connectivity index is 1.99. The van der Waals surface area contributed by atoms with Crippen LogP contribution in [0.2, 0.25) is 0 Å². The molecule has 1 fully saturated rings. The van der Waals surface area contributed by atoms with Gasteiger partial charge in [-0.25, -0.2) is 4.98 Å². The molecule has 4 heteroatoms. The second kappa shape index (κ2) is 6.71. The molecular formula is C15H27N3S. The first-order valence-corrected chi connectivity index (χ1v) is 8.34. The first-order valence-electron chi connectivity index (χ1n) is 7.53. The summed E-state index contributed by atoms with van der Waals surface area (Å²) in [5.41, 5.74) is 1.27. The Kier molecular flexibility index (Phi) is 5.22. The minimum Gasteiger partial charge on any atom is -0.351 e. The van der Waals surface area contributed by atoms with Crippen LogP contribution in [-0.4, -0.2) is 24.6 Å². The molecule has 3 nitrogen and oxygen atoms in total. The molecule has 1 heterocycles. The topological polar surface area (TPSA) is 28.2 Å². The van der Waals surface area contributed by atoms with Crippen molar-refractivity contribution >= 4 is 16.5 Å². The lowest BCUT2D eigenvalue weighted by molar-refractivity contribution is 0.321. The van der Waals surface area contributed by atoms with Crippen molar-refractivity contribution < 1.29 is 0 Å². The fourth-order valence-corrected chi connectivity index (χ4v) is 3.45. The summed E-state index contributed by atoms with van der Waals surface area (Å²) in [6.45, 7) is 8.71. The third-order valence-electron chi connectivity index (χ3n) is 3.86. The average Bonchev–Trinajstić information content (AvgIpc) is 2.74. The summed E-state index contributed by atoms with van der Waals surface area (Å²) in [5, 5.41) is 4.70. The van der Waals surface area contributed by atoms with Gasteiger partial charge in [0.2, 0.25) is 0 Å². The van der Waals surface area contributed by atoms with Gasteiger partial charge in [0, 0.05) is 31.1 Å². The lowest BCUT2D eigenvalue weighted by Crippen LogP contribution is -2.29. The number of nitrogens with zero attached hydrogens (tertiary/aromatic N) is 2. The van der Waals surface area contributed by atoms with Gasteiger partial charge < -0.3 is 10.2 Å². The van der Waals surface area contributed by atoms with Gasteiger partial charge in [0.05, 0.1) is 5.69 Å². The van der Waals surface area contributed by atoms with Crippen LogP contribution in [0.4, 0.5) is 5.13 Å². The first kappa shape index (κ1) is 14.8. The van der Waals surface area contributed by atoms with Crippen LogP contribution in [-0.2, 0) is 13.0 Å². The Bertz CT molecular complexity index is 396. The summed E-state index contributed by atoms with van der Waals surface area (Å²) in [6, 6.07) is 0.531. The molecule has 0 aliphatic heterocycles. The molecule has 2 rings (SSSR count). The van der Waals surface area contributed by atoms with Gasteiger partial charge in [-0.2, -0.15) is 0 Å². The Morgan fingerprint density at radius 1 is 1.42 bits per heavy atom. The molecule has 0 amide bonds. The molecule has 1 aliphatic rings. The maximum Gasteiger partial charge on any atom is 0.185 e. The van der Waals surface area contributed by atoms with Crippen molar-refractivity contribution in [1.82, 2.24) is 10.3 Å². The number of rotatable bonds is 7. The molecule has 0 unspecified atom stereocenters. The predicted molar refractivity (Wildman–Crippen MR) is 84.1 cm³/mol. The fraction of sp³-hybridized carbons (Fsp3) is 0.800. The third kappa shape index (κ3) is 3.93. The quantitative estimate of drug-likeness (QED) is 0.830. The van der Waals surface area contributed by atoms with Crippen molar-refractivity contribution in [2.24, 2.45) is 5.92 Å². The van der Waals surface area contributed by atoms with Crippen LogP contribution in [0.15, 0.2) is 0 Å². The summed E-state index contributed by atoms with van der Waals surface area (Å²) in [5.74, 6) is 0.899. The van der Waals surface area contributed by atoms with Crippen LogP contribution in [0.5, 0.6) is 0 Å². The van der Waals surface area contributed by atoms with Crippen molar-refractivity contribution in [1.29, 1.82) is 0 Å². The zero-order chi connectivity index (χ0) is 13.8. The van der Waals surface area contributed by atoms with Crippen molar-refractivity contribution in [2.75, 3.05) is 18.5 Å². The van der Waals surface area contributed by atoms with E-state index in [1.165, 1.54) is 41.5 Å². The summed E-state index contributed by atoms with van der Waals surface area (Å²) in [7, 11) is 2.19. The molecule has 0 bridgehead atoms. The Morgan fingerprint density at radius 3 is 2.68 bits per heavy atom. The van der Waals surface area contributed by atoms with Gasteiger partial charge in [-0.3, -0.25) is 0 Å². The van der Waals surface area contributed by atoms with E-state index in [1.54, 1.807) is 0 Å². The highest BCUT2D eigenvalue weighted by atomic mass is 32.1. The summed E-state index contributed by atoms with van der Waals surface area (Å²) in [6.07, 6.45) is 5.25. The molecule has 0 radical (unpaired) electrons. The average molecular weight is 281 g/mol. The smallest absolute Gasteiger partial charge is 0.185 e. The second-order valence-corrected chi connectivity index (χ2v) is 6.99. The molecule has 0 atom stereocenters. The minimum absolute atomic E-state index is 0.531. The number of hydrogen-bond donors (Lipinski definition) is 1. The zero-order valence-electron chi connectivity index (χ0n) is 12.7. The Labute approximate surface area is 121 Å². The normalized spacial score (nSPS) is 15.8. The van der Waals surface area contributed by atoms with Crippen molar-refractivity contribution in [3.8, 4) is 0 Å². The number of thiazole rings is 1. The van der Waals surface area contributed by atoms with Crippen LogP contribution in [0.25, 0.3) is 0 Å². The van der Waals surface area contributed by atoms with E-state index in [0.717, 1.165) is 18.9 Å². The second-order valence-electron chi connectivity index (χ2n) is 5.93. The van der Waals surface area contributed by atoms with Gasteiger partial charge in [0.15, 0.2) is 5.13 Å². The maximum absolute atomic E-state index is 4.82. The van der Waals surface area contributed by atoms with Crippen LogP contribution in [0.3, 0.4) is 0 Å². The van der Waals surface area contributed by atoms with Crippen LogP contribution in [0.1, 0.15) is 50.6 Å². The van der Waals surface area contributed by atoms with Gasteiger partial charge >= 0.3 is 0 Å². The van der Waals surface area contributed by atoms with Crippen LogP contribution < -0.4 is 10.2 Å². The van der Waals surface area contributed by atoms with Crippen molar-refractivity contribution in [2.45, 2.75) is 59.0 Å². The van der Waals surface area contributed by atoms with E-state index in [2.05, 4.69) is 38.0 Å². The van der Waals surface area contributed by atoms with E-state index in [-0.39, 0.29) is 0 Å². The number of anilines is 1. The molecule has 1 N–H and O–H groups in total. The highest BCUT2D eigenvalue weighted by molar-refractivity contribution is 7.15. The molecule has 0 saturated heterocycles. The van der Waals surface area contributed by atoms with E-state index < -0.39 is 0 Å². The zero-order valence-corrected chi connectivity index (χ0v) is 13.5. The fourth-order valence-electron chi connectivity index (χ4n) is 2.38. The molecule has 1 saturated carbocycles. The molecule has 1 aromatic rings. The highest BCUT2D eigenvalue weighted by Crippen LogP contribution is 2.31. The molecule has 1 aliphatic carbocycles. The number of aryl methyl sites for hydroxylation is 1. The van der Waals surface area contributed by atoms with Crippen molar-refractivity contribution in [3.05, 3.63) is 10.6 Å². The van der Waals surface area contributed by atoms with Crippen LogP contribution in [0, 0.1) is 5.92 Å². The molecule has 19 heavy (non-hydrogen) atoms. The van der Waals surface area contributed by atoms with E-state index in [1.807, 2.05) is 11.3 Å². The monoisotopic (exact) mass is 281 g/mol. The van der Waals surface area contributed by atoms with Crippen molar-refractivity contribution in [3.63, 3.8) is 0 Å². The first-order chi connectivity index (χ1) is 9.10. The molecule has 0 aromatic carbocycles. The van der Waals surface area contributed by atoms with E-state index in [4.69, 9.17) is 4.98 Å². The summed E-state index contributed by atoms with van der Waals surface area (Å²) in [4.78, 5) is 8.59. The van der Waals surface area contributed by atoms with Gasteiger partial charge in [-0.05, 0) is 25.2 Å². The molecular weight excluding hydrogens is 254 g/mol. The summed E-state index contributed by atoms with van der Waals surface area (Å²) < 4.78 is 0. The van der Waals surface area contributed by atoms with Gasteiger partial charge in [-0.15, -0.1) is 11.3 Å². The number of nitrogens with one attached hydrogen (secondary N) is 1. The molecule has 108 valence electrons. The van der Waals surface area contributed by atoms with Crippen LogP contribution >= 0.6 is 11.3 Å². The Morgan fingerprint density at radius 2 is 2.16 bits per heavy atom. The van der Waals surface area contributed by atoms with Gasteiger partial charge in [0.1, 0.15) is 0 Å². The summed E-state index contributed by atoms with van der Waals surface area (Å²) >= 11 is 1.86. The minimum atomic E-state index is 0.531. The lowest BCUT2D eigenvalue weighted by atomic mass is 9.85. The van der Waals surface area contributed by atoms with E-state index in [0.29, 0.717) is 6.04 Å². The van der Waals surface area contributed by atoms with Gasteiger partial charge in [-0.1, -0.05) is 27.2 Å². The van der Waals surface area contributed by atoms with E-state index >= 15 is 0 Å².